The topological polar surface area (TPSA) is 146 Å². The number of methoxy groups -OCH3 is 1. The van der Waals surface area contributed by atoms with Crippen LogP contribution >= 0.6 is 0 Å². The Kier molecular flexibility index (Phi) is 10.1. The number of carbonyl (C=O) groups excluding carboxylic acids is 4. The molecule has 3 amide bonds. The smallest absolute Gasteiger partial charge is 0.243 e. The molecule has 216 valence electrons. The van der Waals surface area contributed by atoms with Crippen LogP contribution in [0.4, 0.5) is 0 Å². The Morgan fingerprint density at radius 2 is 1.48 bits per heavy atom. The molecular formula is C30H39N3O7. The van der Waals surface area contributed by atoms with Crippen LogP contribution in [0.1, 0.15) is 45.2 Å². The van der Waals surface area contributed by atoms with Gasteiger partial charge in [0.05, 0.1) is 31.8 Å². The van der Waals surface area contributed by atoms with Crippen molar-refractivity contribution in [1.29, 1.82) is 0 Å². The molecule has 10 nitrogen and oxygen atoms in total. The maximum atomic E-state index is 13.6. The molecule has 1 heterocycles. The van der Waals surface area contributed by atoms with Crippen LogP contribution < -0.4 is 20.7 Å². The predicted octanol–water partition coefficient (Wildman–Crippen LogP) is 1.47. The molecule has 1 aliphatic heterocycles. The van der Waals surface area contributed by atoms with Crippen molar-refractivity contribution in [2.45, 2.75) is 76.3 Å². The van der Waals surface area contributed by atoms with Crippen molar-refractivity contribution in [3.05, 3.63) is 65.7 Å². The van der Waals surface area contributed by atoms with Crippen LogP contribution in [0.15, 0.2) is 54.6 Å². The molecular weight excluding hydrogens is 514 g/mol. The first-order valence-electron chi connectivity index (χ1n) is 13.3. The van der Waals surface area contributed by atoms with E-state index in [4.69, 9.17) is 9.47 Å². The van der Waals surface area contributed by atoms with E-state index in [2.05, 4.69) is 16.0 Å². The molecule has 0 aromatic heterocycles. The SMILES string of the molecule is COc1ccc(C[C@H](NC(=O)[C@@H](C)NC(=O)CC(C)(C)O)C(=O)N[C@@H](Cc2ccccc2)C(=O)[C@@]2(C)CO2)cc1. The van der Waals surface area contributed by atoms with Crippen molar-refractivity contribution in [2.24, 2.45) is 0 Å². The average molecular weight is 554 g/mol. The molecule has 4 atom stereocenters. The summed E-state index contributed by atoms with van der Waals surface area (Å²) in [4.78, 5) is 52.2. The molecule has 2 aromatic carbocycles. The lowest BCUT2D eigenvalue weighted by atomic mass is 9.94. The Bertz CT molecular complexity index is 1190. The summed E-state index contributed by atoms with van der Waals surface area (Å²) < 4.78 is 10.6. The van der Waals surface area contributed by atoms with E-state index in [0.717, 1.165) is 11.1 Å². The standard InChI is InChI=1S/C30H39N3O7/c1-19(31-25(34)17-29(2,3)38)27(36)33-24(16-21-11-13-22(39-5)14-12-21)28(37)32-23(26(35)30(4)18-40-30)15-20-9-7-6-8-10-20/h6-14,19,23-24,38H,15-18H2,1-5H3,(H,31,34)(H,32,37)(H,33,36)/t19-,23+,24+,30-/m1/s1. The number of ketones is 1. The number of amides is 3. The van der Waals surface area contributed by atoms with Gasteiger partial charge in [0, 0.05) is 6.42 Å². The number of ether oxygens (including phenoxy) is 2. The molecule has 4 N–H and O–H groups in total. The van der Waals surface area contributed by atoms with Crippen LogP contribution in [0.5, 0.6) is 5.75 Å². The summed E-state index contributed by atoms with van der Waals surface area (Å²) in [5.41, 5.74) is -0.576. The Morgan fingerprint density at radius 3 is 2.02 bits per heavy atom. The van der Waals surface area contributed by atoms with Gasteiger partial charge in [0.25, 0.3) is 0 Å². The van der Waals surface area contributed by atoms with Crippen LogP contribution in [-0.4, -0.2) is 71.7 Å². The third-order valence-electron chi connectivity index (χ3n) is 6.61. The number of nitrogens with one attached hydrogen (secondary N) is 3. The molecule has 0 spiro atoms. The van der Waals surface area contributed by atoms with E-state index in [-0.39, 0.29) is 31.7 Å². The van der Waals surface area contributed by atoms with Gasteiger partial charge in [-0.1, -0.05) is 42.5 Å². The maximum absolute atomic E-state index is 13.6. The van der Waals surface area contributed by atoms with E-state index in [0.29, 0.717) is 5.75 Å². The molecule has 1 saturated heterocycles. The quantitative estimate of drug-likeness (QED) is 0.259. The number of Topliss-reactive ketones (excluding diaryl/α,β-unsaturated/α-hetero) is 1. The highest BCUT2D eigenvalue weighted by atomic mass is 16.6. The van der Waals surface area contributed by atoms with Crippen molar-refractivity contribution < 1.29 is 33.8 Å². The largest absolute Gasteiger partial charge is 0.497 e. The fraction of sp³-hybridized carbons (Fsp3) is 0.467. The second-order valence-corrected chi connectivity index (χ2v) is 11.0. The lowest BCUT2D eigenvalue weighted by Crippen LogP contribution is -2.57. The van der Waals surface area contributed by atoms with E-state index < -0.39 is 47.0 Å². The van der Waals surface area contributed by atoms with Crippen LogP contribution in [0.2, 0.25) is 0 Å². The molecule has 0 unspecified atom stereocenters. The lowest BCUT2D eigenvalue weighted by Gasteiger charge is -2.25. The van der Waals surface area contributed by atoms with Crippen LogP contribution in [0.25, 0.3) is 0 Å². The third kappa shape index (κ3) is 9.17. The Balaban J connectivity index is 1.79. The number of hydrogen-bond donors (Lipinski definition) is 4. The zero-order valence-corrected chi connectivity index (χ0v) is 23.7. The van der Waals surface area contributed by atoms with Gasteiger partial charge in [-0.05, 0) is 57.4 Å². The Morgan fingerprint density at radius 1 is 0.925 bits per heavy atom. The number of benzene rings is 2. The minimum Gasteiger partial charge on any atom is -0.497 e. The lowest BCUT2D eigenvalue weighted by molar-refractivity contribution is -0.134. The Hall–Kier alpha value is -3.76. The summed E-state index contributed by atoms with van der Waals surface area (Å²) >= 11 is 0. The predicted molar refractivity (Wildman–Crippen MR) is 149 cm³/mol. The van der Waals surface area contributed by atoms with Crippen molar-refractivity contribution >= 4 is 23.5 Å². The molecule has 0 saturated carbocycles. The van der Waals surface area contributed by atoms with Gasteiger partial charge >= 0.3 is 0 Å². The Labute approximate surface area is 234 Å². The van der Waals surface area contributed by atoms with E-state index in [1.54, 1.807) is 38.3 Å². The second-order valence-electron chi connectivity index (χ2n) is 11.0. The molecule has 2 aromatic rings. The van der Waals surface area contributed by atoms with Gasteiger partial charge in [-0.2, -0.15) is 0 Å². The summed E-state index contributed by atoms with van der Waals surface area (Å²) in [5.74, 6) is -1.23. The van der Waals surface area contributed by atoms with Gasteiger partial charge in [0.1, 0.15) is 23.4 Å². The first kappa shape index (κ1) is 30.8. The average Bonchev–Trinajstić information content (AvgIpc) is 3.65. The number of epoxide rings is 1. The molecule has 0 bridgehead atoms. The minimum atomic E-state index is -1.24. The number of rotatable bonds is 14. The van der Waals surface area contributed by atoms with E-state index in [1.165, 1.54) is 20.8 Å². The van der Waals surface area contributed by atoms with Gasteiger partial charge in [-0.25, -0.2) is 0 Å². The number of hydrogen-bond acceptors (Lipinski definition) is 7. The first-order chi connectivity index (χ1) is 18.8. The summed E-state index contributed by atoms with van der Waals surface area (Å²) in [6.07, 6.45) is 0.202. The molecule has 1 fully saturated rings. The fourth-order valence-corrected chi connectivity index (χ4v) is 4.20. The second kappa shape index (κ2) is 13.1. The molecule has 0 radical (unpaired) electrons. The van der Waals surface area contributed by atoms with Gasteiger partial charge in [-0.15, -0.1) is 0 Å². The first-order valence-corrected chi connectivity index (χ1v) is 13.3. The highest BCUT2D eigenvalue weighted by molar-refractivity contribution is 5.98. The monoisotopic (exact) mass is 553 g/mol. The zero-order chi connectivity index (χ0) is 29.5. The van der Waals surface area contributed by atoms with Crippen molar-refractivity contribution in [2.75, 3.05) is 13.7 Å². The van der Waals surface area contributed by atoms with Gasteiger partial charge in [0.2, 0.25) is 17.7 Å². The fourth-order valence-electron chi connectivity index (χ4n) is 4.20. The maximum Gasteiger partial charge on any atom is 0.243 e. The summed E-state index contributed by atoms with van der Waals surface area (Å²) in [5, 5.41) is 18.0. The summed E-state index contributed by atoms with van der Waals surface area (Å²) in [6, 6.07) is 13.5. The highest BCUT2D eigenvalue weighted by Crippen LogP contribution is 2.29. The van der Waals surface area contributed by atoms with Crippen molar-refractivity contribution in [3.8, 4) is 5.75 Å². The third-order valence-corrected chi connectivity index (χ3v) is 6.61. The zero-order valence-electron chi connectivity index (χ0n) is 23.7. The minimum absolute atomic E-state index is 0.131. The number of carbonyl (C=O) groups is 4. The normalized spacial score (nSPS) is 18.6. The van der Waals surface area contributed by atoms with Crippen LogP contribution in [0.3, 0.4) is 0 Å². The molecule has 3 rings (SSSR count). The van der Waals surface area contributed by atoms with Crippen LogP contribution in [-0.2, 0) is 36.8 Å². The highest BCUT2D eigenvalue weighted by Gasteiger charge is 2.50. The van der Waals surface area contributed by atoms with Gasteiger partial charge < -0.3 is 30.5 Å². The van der Waals surface area contributed by atoms with E-state index in [9.17, 15) is 24.3 Å². The summed E-state index contributed by atoms with van der Waals surface area (Å²) in [7, 11) is 1.55. The van der Waals surface area contributed by atoms with Crippen LogP contribution in [0, 0.1) is 0 Å². The molecule has 40 heavy (non-hydrogen) atoms. The molecule has 10 heteroatoms. The van der Waals surface area contributed by atoms with E-state index in [1.807, 2.05) is 30.3 Å². The van der Waals surface area contributed by atoms with E-state index >= 15 is 0 Å². The molecule has 0 aliphatic carbocycles. The van der Waals surface area contributed by atoms with Crippen molar-refractivity contribution in [3.63, 3.8) is 0 Å². The van der Waals surface area contributed by atoms with Crippen molar-refractivity contribution in [1.82, 2.24) is 16.0 Å². The van der Waals surface area contributed by atoms with Gasteiger partial charge in [0.15, 0.2) is 5.78 Å². The molecule has 1 aliphatic rings. The summed E-state index contributed by atoms with van der Waals surface area (Å²) in [6.45, 7) is 6.45. The number of aliphatic hydroxyl groups is 1. The van der Waals surface area contributed by atoms with Gasteiger partial charge in [-0.3, -0.25) is 19.2 Å².